The van der Waals surface area contributed by atoms with Crippen molar-refractivity contribution in [3.63, 3.8) is 0 Å². The molecule has 1 amide bonds. The molecule has 0 aliphatic carbocycles. The van der Waals surface area contributed by atoms with Gasteiger partial charge in [-0.05, 0) is 19.8 Å². The van der Waals surface area contributed by atoms with Crippen LogP contribution < -0.4 is 5.84 Å². The molecule has 2 heterocycles. The molecule has 0 aromatic carbocycles. The minimum absolute atomic E-state index is 0.108. The molecule has 10 heteroatoms. The number of hydrogen-bond donors (Lipinski definition) is 1. The van der Waals surface area contributed by atoms with Gasteiger partial charge in [0.1, 0.15) is 0 Å². The van der Waals surface area contributed by atoms with Crippen LogP contribution in [-0.2, 0) is 11.0 Å². The number of halogens is 3. The molecule has 1 atom stereocenters. The Labute approximate surface area is 130 Å². The molecule has 1 aromatic rings. The first-order valence-corrected chi connectivity index (χ1v) is 7.92. The van der Waals surface area contributed by atoms with Crippen LogP contribution in [0.25, 0.3) is 0 Å². The second-order valence-corrected chi connectivity index (χ2v) is 6.48. The molecule has 1 fully saturated rings. The van der Waals surface area contributed by atoms with Gasteiger partial charge in [-0.15, -0.1) is 10.2 Å². The van der Waals surface area contributed by atoms with Crippen molar-refractivity contribution in [1.29, 1.82) is 0 Å². The monoisotopic (exact) mass is 337 g/mol. The van der Waals surface area contributed by atoms with Crippen LogP contribution in [0.5, 0.6) is 0 Å². The molecule has 0 bridgehead atoms. The van der Waals surface area contributed by atoms with Crippen LogP contribution in [0.2, 0.25) is 0 Å². The summed E-state index contributed by atoms with van der Waals surface area (Å²) in [5.41, 5.74) is 0. The minimum Gasteiger partial charge on any atom is -0.342 e. The highest BCUT2D eigenvalue weighted by atomic mass is 32.2. The highest BCUT2D eigenvalue weighted by Crippen LogP contribution is 2.30. The number of carbonyl (C=O) groups is 1. The van der Waals surface area contributed by atoms with Gasteiger partial charge in [0.05, 0.1) is 5.25 Å². The maximum atomic E-state index is 12.6. The zero-order valence-electron chi connectivity index (χ0n) is 12.1. The third-order valence-corrected chi connectivity index (χ3v) is 4.51. The number of alkyl halides is 3. The van der Waals surface area contributed by atoms with Crippen LogP contribution in [-0.4, -0.2) is 44.0 Å². The zero-order valence-corrected chi connectivity index (χ0v) is 13.0. The molecule has 0 spiro atoms. The Hall–Kier alpha value is -1.45. The maximum absolute atomic E-state index is 12.6. The fourth-order valence-corrected chi connectivity index (χ4v) is 3.16. The van der Waals surface area contributed by atoms with E-state index in [9.17, 15) is 18.0 Å². The number of amides is 1. The van der Waals surface area contributed by atoms with Crippen molar-refractivity contribution in [2.24, 2.45) is 0 Å². The number of likely N-dealkylation sites (tertiary alicyclic amines) is 1. The Bertz CT molecular complexity index is 525. The molecule has 0 radical (unpaired) electrons. The summed E-state index contributed by atoms with van der Waals surface area (Å²) in [6.07, 6.45) is -0.573. The molecule has 1 unspecified atom stereocenters. The second kappa shape index (κ2) is 6.76. The van der Waals surface area contributed by atoms with E-state index in [1.807, 2.05) is 0 Å². The van der Waals surface area contributed by atoms with Crippen LogP contribution in [0.1, 0.15) is 38.4 Å². The number of thioether (sulfide) groups is 1. The normalized spacial score (nSPS) is 18.1. The van der Waals surface area contributed by atoms with Gasteiger partial charge in [-0.3, -0.25) is 4.79 Å². The van der Waals surface area contributed by atoms with Gasteiger partial charge in [-0.25, -0.2) is 4.68 Å². The van der Waals surface area contributed by atoms with Gasteiger partial charge < -0.3 is 10.7 Å². The Balaban J connectivity index is 2.03. The molecular weight excluding hydrogens is 319 g/mol. The van der Waals surface area contributed by atoms with Crippen molar-refractivity contribution in [1.82, 2.24) is 19.8 Å². The number of aromatic nitrogens is 3. The van der Waals surface area contributed by atoms with E-state index in [4.69, 9.17) is 5.84 Å². The SMILES string of the molecule is CC(Sc1nnc(C(F)(F)F)n1N)C(=O)N1CCCCCC1. The van der Waals surface area contributed by atoms with Gasteiger partial charge in [0.15, 0.2) is 0 Å². The number of rotatable bonds is 3. The molecule has 6 nitrogen and oxygen atoms in total. The predicted molar refractivity (Wildman–Crippen MR) is 75.5 cm³/mol. The third-order valence-electron chi connectivity index (χ3n) is 3.47. The molecular formula is C12H18F3N5OS. The molecule has 1 aliphatic rings. The summed E-state index contributed by atoms with van der Waals surface area (Å²) in [7, 11) is 0. The molecule has 2 rings (SSSR count). The van der Waals surface area contributed by atoms with E-state index in [2.05, 4.69) is 10.2 Å². The number of nitrogens with zero attached hydrogens (tertiary/aromatic N) is 4. The zero-order chi connectivity index (χ0) is 16.3. The Kier molecular flexibility index (Phi) is 5.20. The smallest absolute Gasteiger partial charge is 0.342 e. The lowest BCUT2D eigenvalue weighted by molar-refractivity contribution is -0.146. The van der Waals surface area contributed by atoms with Gasteiger partial charge in [-0.2, -0.15) is 13.2 Å². The molecule has 1 aromatic heterocycles. The van der Waals surface area contributed by atoms with Crippen molar-refractivity contribution >= 4 is 17.7 Å². The highest BCUT2D eigenvalue weighted by molar-refractivity contribution is 8.00. The van der Waals surface area contributed by atoms with Crippen molar-refractivity contribution in [3.05, 3.63) is 5.82 Å². The molecule has 1 aliphatic heterocycles. The van der Waals surface area contributed by atoms with Gasteiger partial charge >= 0.3 is 6.18 Å². The standard InChI is InChI=1S/C12H18F3N5OS/c1-8(9(21)19-6-4-2-3-5-7-19)22-11-18-17-10(20(11)16)12(13,14)15/h8H,2-7,16H2,1H3. The first kappa shape index (κ1) is 16.9. The molecule has 124 valence electrons. The third kappa shape index (κ3) is 3.84. The van der Waals surface area contributed by atoms with Gasteiger partial charge in [0.2, 0.25) is 11.1 Å². The number of hydrogen-bond acceptors (Lipinski definition) is 5. The lowest BCUT2D eigenvalue weighted by Crippen LogP contribution is -2.37. The molecule has 0 saturated carbocycles. The van der Waals surface area contributed by atoms with Gasteiger partial charge in [0, 0.05) is 13.1 Å². The second-order valence-electron chi connectivity index (χ2n) is 5.17. The summed E-state index contributed by atoms with van der Waals surface area (Å²) in [6, 6.07) is 0. The molecule has 1 saturated heterocycles. The first-order chi connectivity index (χ1) is 10.3. The van der Waals surface area contributed by atoms with Gasteiger partial charge in [0.25, 0.3) is 5.82 Å². The maximum Gasteiger partial charge on any atom is 0.453 e. The van der Waals surface area contributed by atoms with Crippen LogP contribution in [0.3, 0.4) is 0 Å². The van der Waals surface area contributed by atoms with E-state index >= 15 is 0 Å². The minimum atomic E-state index is -4.67. The van der Waals surface area contributed by atoms with E-state index in [0.29, 0.717) is 17.8 Å². The summed E-state index contributed by atoms with van der Waals surface area (Å²) >= 11 is 0.889. The summed E-state index contributed by atoms with van der Waals surface area (Å²) in [5, 5.41) is 5.79. The van der Waals surface area contributed by atoms with Crippen molar-refractivity contribution in [2.45, 2.75) is 49.2 Å². The van der Waals surface area contributed by atoms with Crippen molar-refractivity contribution in [2.75, 3.05) is 18.9 Å². The van der Waals surface area contributed by atoms with Crippen molar-refractivity contribution < 1.29 is 18.0 Å². The number of nitrogens with two attached hydrogens (primary N) is 1. The van der Waals surface area contributed by atoms with E-state index in [1.165, 1.54) is 0 Å². The quantitative estimate of drug-likeness (QED) is 0.673. The summed E-state index contributed by atoms with van der Waals surface area (Å²) < 4.78 is 38.2. The average Bonchev–Trinajstić information content (AvgIpc) is 2.67. The highest BCUT2D eigenvalue weighted by Gasteiger charge is 2.38. The van der Waals surface area contributed by atoms with Crippen LogP contribution >= 0.6 is 11.8 Å². The van der Waals surface area contributed by atoms with Gasteiger partial charge in [-0.1, -0.05) is 24.6 Å². The fourth-order valence-electron chi connectivity index (χ4n) is 2.31. The summed E-state index contributed by atoms with van der Waals surface area (Å²) in [5.74, 6) is 3.99. The lowest BCUT2D eigenvalue weighted by atomic mass is 10.2. The first-order valence-electron chi connectivity index (χ1n) is 7.04. The van der Waals surface area contributed by atoms with E-state index in [1.54, 1.807) is 11.8 Å². The fraction of sp³-hybridized carbons (Fsp3) is 0.750. The Morgan fingerprint density at radius 2 is 1.82 bits per heavy atom. The Morgan fingerprint density at radius 3 is 2.32 bits per heavy atom. The molecule has 22 heavy (non-hydrogen) atoms. The van der Waals surface area contributed by atoms with Crippen LogP contribution in [0.4, 0.5) is 13.2 Å². The lowest BCUT2D eigenvalue weighted by Gasteiger charge is -2.23. The van der Waals surface area contributed by atoms with Crippen LogP contribution in [0.15, 0.2) is 5.16 Å². The summed E-state index contributed by atoms with van der Waals surface area (Å²) in [4.78, 5) is 14.1. The molecule has 2 N–H and O–H groups in total. The van der Waals surface area contributed by atoms with Crippen LogP contribution in [0, 0.1) is 0 Å². The summed E-state index contributed by atoms with van der Waals surface area (Å²) in [6.45, 7) is 3.01. The number of nitrogen functional groups attached to an aromatic ring is 1. The van der Waals surface area contributed by atoms with E-state index in [-0.39, 0.29) is 11.1 Å². The number of carbonyl (C=O) groups excluding carboxylic acids is 1. The Morgan fingerprint density at radius 1 is 1.23 bits per heavy atom. The topological polar surface area (TPSA) is 77.0 Å². The predicted octanol–water partition coefficient (Wildman–Crippen LogP) is 1.89. The van der Waals surface area contributed by atoms with E-state index < -0.39 is 17.3 Å². The average molecular weight is 337 g/mol. The van der Waals surface area contributed by atoms with Crippen molar-refractivity contribution in [3.8, 4) is 0 Å². The van der Waals surface area contributed by atoms with E-state index in [0.717, 1.165) is 37.4 Å². The largest absolute Gasteiger partial charge is 0.453 e.